The lowest BCUT2D eigenvalue weighted by molar-refractivity contribution is -0.384. The number of non-ortho nitro benzene ring substituents is 1. The van der Waals surface area contributed by atoms with Crippen LogP contribution in [0.3, 0.4) is 0 Å². The molecule has 0 aliphatic carbocycles. The second-order valence-electron chi connectivity index (χ2n) is 3.50. The van der Waals surface area contributed by atoms with Gasteiger partial charge in [0.2, 0.25) is 0 Å². The second kappa shape index (κ2) is 6.22. The number of ether oxygens (including phenoxy) is 1. The van der Waals surface area contributed by atoms with Crippen molar-refractivity contribution >= 4 is 17.3 Å². The molecule has 6 heteroatoms. The minimum absolute atomic E-state index is 0.00223. The van der Waals surface area contributed by atoms with Crippen molar-refractivity contribution in [1.82, 2.24) is 0 Å². The van der Waals surface area contributed by atoms with Crippen molar-refractivity contribution in [2.24, 2.45) is 5.73 Å². The van der Waals surface area contributed by atoms with Gasteiger partial charge in [0.05, 0.1) is 4.92 Å². The van der Waals surface area contributed by atoms with E-state index in [4.69, 9.17) is 22.1 Å². The summed E-state index contributed by atoms with van der Waals surface area (Å²) in [6.07, 6.45) is 0. The van der Waals surface area contributed by atoms with Crippen LogP contribution in [-0.4, -0.2) is 11.5 Å². The van der Waals surface area contributed by atoms with Gasteiger partial charge < -0.3 is 10.5 Å². The fourth-order valence-electron chi connectivity index (χ4n) is 1.20. The number of rotatable bonds is 5. The first-order valence-electron chi connectivity index (χ1n) is 4.94. The standard InChI is InChI=1S/C11H13ClN2O3/c1-8(5-12)7-17-11-3-2-10(14(15)16)4-9(11)6-13/h2-5H,6-7,13H2,1H3/b8-5-. The Morgan fingerprint density at radius 1 is 1.65 bits per heavy atom. The molecule has 0 saturated carbocycles. The summed E-state index contributed by atoms with van der Waals surface area (Å²) in [6.45, 7) is 2.33. The van der Waals surface area contributed by atoms with Gasteiger partial charge in [0.1, 0.15) is 12.4 Å². The summed E-state index contributed by atoms with van der Waals surface area (Å²) in [5.41, 5.74) is 8.39. The highest BCUT2D eigenvalue weighted by Gasteiger charge is 2.10. The fraction of sp³-hybridized carbons (Fsp3) is 0.273. The van der Waals surface area contributed by atoms with Gasteiger partial charge in [0.15, 0.2) is 0 Å². The van der Waals surface area contributed by atoms with Gasteiger partial charge in [-0.1, -0.05) is 11.6 Å². The summed E-state index contributed by atoms with van der Waals surface area (Å²) in [6, 6.07) is 4.34. The molecule has 1 aromatic carbocycles. The first-order chi connectivity index (χ1) is 8.08. The average molecular weight is 257 g/mol. The third-order valence-electron chi connectivity index (χ3n) is 2.12. The highest BCUT2D eigenvalue weighted by Crippen LogP contribution is 2.24. The van der Waals surface area contributed by atoms with Crippen LogP contribution in [0.2, 0.25) is 0 Å². The van der Waals surface area contributed by atoms with E-state index in [0.29, 0.717) is 17.9 Å². The summed E-state index contributed by atoms with van der Waals surface area (Å²) in [5, 5.41) is 10.6. The molecule has 0 spiro atoms. The Balaban J connectivity index is 2.89. The Morgan fingerprint density at radius 2 is 2.35 bits per heavy atom. The average Bonchev–Trinajstić information content (AvgIpc) is 2.35. The molecule has 0 heterocycles. The maximum atomic E-state index is 10.6. The quantitative estimate of drug-likeness (QED) is 0.649. The molecule has 5 nitrogen and oxygen atoms in total. The summed E-state index contributed by atoms with van der Waals surface area (Å²) in [5.74, 6) is 0.538. The zero-order valence-electron chi connectivity index (χ0n) is 9.35. The zero-order valence-corrected chi connectivity index (χ0v) is 10.1. The van der Waals surface area contributed by atoms with Gasteiger partial charge in [0, 0.05) is 29.8 Å². The second-order valence-corrected chi connectivity index (χ2v) is 3.72. The predicted octanol–water partition coefficient (Wildman–Crippen LogP) is 2.57. The molecule has 0 amide bonds. The smallest absolute Gasteiger partial charge is 0.270 e. The number of halogens is 1. The maximum Gasteiger partial charge on any atom is 0.270 e. The van der Waals surface area contributed by atoms with Gasteiger partial charge in [-0.05, 0) is 18.6 Å². The van der Waals surface area contributed by atoms with Gasteiger partial charge in [-0.2, -0.15) is 0 Å². The predicted molar refractivity (Wildman–Crippen MR) is 66.1 cm³/mol. The monoisotopic (exact) mass is 256 g/mol. The minimum Gasteiger partial charge on any atom is -0.489 e. The van der Waals surface area contributed by atoms with Crippen LogP contribution < -0.4 is 10.5 Å². The van der Waals surface area contributed by atoms with Crippen LogP contribution in [-0.2, 0) is 6.54 Å². The van der Waals surface area contributed by atoms with Crippen LogP contribution in [0, 0.1) is 10.1 Å². The van der Waals surface area contributed by atoms with Crippen LogP contribution >= 0.6 is 11.6 Å². The number of nitrogens with two attached hydrogens (primary N) is 1. The van der Waals surface area contributed by atoms with Crippen LogP contribution in [0.25, 0.3) is 0 Å². The van der Waals surface area contributed by atoms with E-state index in [1.807, 2.05) is 6.92 Å². The van der Waals surface area contributed by atoms with E-state index in [-0.39, 0.29) is 12.2 Å². The molecular formula is C11H13ClN2O3. The molecule has 0 aliphatic heterocycles. The van der Waals surface area contributed by atoms with Gasteiger partial charge in [-0.25, -0.2) is 0 Å². The fourth-order valence-corrected chi connectivity index (χ4v) is 1.27. The molecule has 0 fully saturated rings. The SMILES string of the molecule is C/C(=C/Cl)COc1ccc([N+](=O)[O-])cc1CN. The minimum atomic E-state index is -0.465. The molecular weight excluding hydrogens is 244 g/mol. The molecule has 0 bridgehead atoms. The van der Waals surface area contributed by atoms with E-state index >= 15 is 0 Å². The maximum absolute atomic E-state index is 10.6. The van der Waals surface area contributed by atoms with E-state index in [0.717, 1.165) is 5.57 Å². The van der Waals surface area contributed by atoms with Crippen molar-refractivity contribution in [3.05, 3.63) is 45.0 Å². The van der Waals surface area contributed by atoms with Crippen molar-refractivity contribution in [1.29, 1.82) is 0 Å². The number of nitrogens with zero attached hydrogens (tertiary/aromatic N) is 1. The third-order valence-corrected chi connectivity index (χ3v) is 2.49. The van der Waals surface area contributed by atoms with E-state index in [1.165, 1.54) is 17.7 Å². The van der Waals surface area contributed by atoms with Gasteiger partial charge in [0.25, 0.3) is 5.69 Å². The summed E-state index contributed by atoms with van der Waals surface area (Å²) in [4.78, 5) is 10.1. The lowest BCUT2D eigenvalue weighted by Gasteiger charge is -2.10. The number of nitro benzene ring substituents is 1. The first-order valence-corrected chi connectivity index (χ1v) is 5.38. The zero-order chi connectivity index (χ0) is 12.8. The molecule has 1 rings (SSSR count). The third kappa shape index (κ3) is 3.72. The molecule has 92 valence electrons. The van der Waals surface area contributed by atoms with Crippen LogP contribution in [0.15, 0.2) is 29.3 Å². The summed E-state index contributed by atoms with van der Waals surface area (Å²) in [7, 11) is 0. The van der Waals surface area contributed by atoms with Crippen molar-refractivity contribution < 1.29 is 9.66 Å². The number of benzene rings is 1. The molecule has 0 saturated heterocycles. The Bertz CT molecular complexity index is 446. The van der Waals surface area contributed by atoms with E-state index in [9.17, 15) is 10.1 Å². The summed E-state index contributed by atoms with van der Waals surface area (Å²) < 4.78 is 5.46. The molecule has 0 unspecified atom stereocenters. The molecule has 1 aromatic rings. The lowest BCUT2D eigenvalue weighted by atomic mass is 10.2. The summed E-state index contributed by atoms with van der Waals surface area (Å²) >= 11 is 5.50. The number of nitro groups is 1. The van der Waals surface area contributed by atoms with Crippen LogP contribution in [0.1, 0.15) is 12.5 Å². The van der Waals surface area contributed by atoms with Gasteiger partial charge >= 0.3 is 0 Å². The van der Waals surface area contributed by atoms with Crippen LogP contribution in [0.5, 0.6) is 5.75 Å². The Kier molecular flexibility index (Phi) is 4.93. The lowest BCUT2D eigenvalue weighted by Crippen LogP contribution is -2.05. The Morgan fingerprint density at radius 3 is 2.88 bits per heavy atom. The van der Waals surface area contributed by atoms with E-state index in [1.54, 1.807) is 6.07 Å². The molecule has 0 aromatic heterocycles. The van der Waals surface area contributed by atoms with E-state index < -0.39 is 4.92 Å². The highest BCUT2D eigenvalue weighted by atomic mass is 35.5. The van der Waals surface area contributed by atoms with Crippen LogP contribution in [0.4, 0.5) is 5.69 Å². The normalized spacial score (nSPS) is 11.4. The number of hydrogen-bond acceptors (Lipinski definition) is 4. The molecule has 0 radical (unpaired) electrons. The molecule has 0 atom stereocenters. The van der Waals surface area contributed by atoms with Gasteiger partial charge in [-0.3, -0.25) is 10.1 Å². The topological polar surface area (TPSA) is 78.4 Å². The highest BCUT2D eigenvalue weighted by molar-refractivity contribution is 6.25. The van der Waals surface area contributed by atoms with Crippen molar-refractivity contribution in [3.63, 3.8) is 0 Å². The molecule has 17 heavy (non-hydrogen) atoms. The first kappa shape index (κ1) is 13.5. The van der Waals surface area contributed by atoms with Crippen molar-refractivity contribution in [3.8, 4) is 5.75 Å². The Hall–Kier alpha value is -1.59. The van der Waals surface area contributed by atoms with E-state index in [2.05, 4.69) is 0 Å². The Labute approximate surface area is 104 Å². The van der Waals surface area contributed by atoms with Crippen molar-refractivity contribution in [2.45, 2.75) is 13.5 Å². The van der Waals surface area contributed by atoms with Crippen molar-refractivity contribution in [2.75, 3.05) is 6.61 Å². The number of hydrogen-bond donors (Lipinski definition) is 1. The molecule has 2 N–H and O–H groups in total. The van der Waals surface area contributed by atoms with Gasteiger partial charge in [-0.15, -0.1) is 0 Å². The molecule has 0 aliphatic rings. The largest absolute Gasteiger partial charge is 0.489 e.